The van der Waals surface area contributed by atoms with Crippen LogP contribution in [0.15, 0.2) is 18.5 Å². The molecule has 1 fully saturated rings. The zero-order chi connectivity index (χ0) is 11.4. The third-order valence-corrected chi connectivity index (χ3v) is 2.99. The zero-order valence-corrected chi connectivity index (χ0v) is 9.17. The monoisotopic (exact) mass is 220 g/mol. The molecule has 4 heteroatoms. The van der Waals surface area contributed by atoms with Gasteiger partial charge in [-0.05, 0) is 24.8 Å². The predicted molar refractivity (Wildman–Crippen MR) is 60.9 cm³/mol. The Kier molecular flexibility index (Phi) is 3.39. The van der Waals surface area contributed by atoms with Crippen LogP contribution in [0.1, 0.15) is 31.2 Å². The molecule has 0 spiro atoms. The Morgan fingerprint density at radius 2 is 2.31 bits per heavy atom. The van der Waals surface area contributed by atoms with Crippen LogP contribution in [0.3, 0.4) is 0 Å². The minimum absolute atomic E-state index is 0.746. The van der Waals surface area contributed by atoms with Crippen molar-refractivity contribution in [2.75, 3.05) is 0 Å². The maximum atomic E-state index is 10.3. The highest BCUT2D eigenvalue weighted by atomic mass is 16.4. The second-order valence-electron chi connectivity index (χ2n) is 4.32. The van der Waals surface area contributed by atoms with Crippen LogP contribution >= 0.6 is 0 Å². The summed E-state index contributed by atoms with van der Waals surface area (Å²) in [7, 11) is 0. The van der Waals surface area contributed by atoms with Crippen molar-refractivity contribution in [1.29, 1.82) is 0 Å². The smallest absolute Gasteiger partial charge is 0.328 e. The van der Waals surface area contributed by atoms with Gasteiger partial charge in [0.15, 0.2) is 0 Å². The summed E-state index contributed by atoms with van der Waals surface area (Å²) in [6.07, 6.45) is 11.6. The molecule has 0 bridgehead atoms. The molecule has 4 nitrogen and oxygen atoms in total. The largest absolute Gasteiger partial charge is 0.478 e. The number of rotatable bonds is 4. The first-order chi connectivity index (χ1) is 7.74. The lowest BCUT2D eigenvalue weighted by Crippen LogP contribution is -2.07. The van der Waals surface area contributed by atoms with E-state index >= 15 is 0 Å². The average Bonchev–Trinajstić information content (AvgIpc) is 2.87. The van der Waals surface area contributed by atoms with Gasteiger partial charge in [0.1, 0.15) is 0 Å². The van der Waals surface area contributed by atoms with Gasteiger partial charge in [0, 0.05) is 24.4 Å². The molecule has 1 aliphatic carbocycles. The molecule has 16 heavy (non-hydrogen) atoms. The maximum absolute atomic E-state index is 10.3. The van der Waals surface area contributed by atoms with Crippen LogP contribution in [-0.2, 0) is 11.3 Å². The van der Waals surface area contributed by atoms with Gasteiger partial charge in [0.2, 0.25) is 0 Å². The molecule has 0 radical (unpaired) electrons. The number of carbonyl (C=O) groups is 1. The highest BCUT2D eigenvalue weighted by Gasteiger charge is 2.15. The van der Waals surface area contributed by atoms with Crippen molar-refractivity contribution >= 4 is 12.0 Å². The fraction of sp³-hybridized carbons (Fsp3) is 0.500. The van der Waals surface area contributed by atoms with Crippen LogP contribution in [0.5, 0.6) is 0 Å². The molecular formula is C12H16N2O2. The first-order valence-corrected chi connectivity index (χ1v) is 5.67. The van der Waals surface area contributed by atoms with E-state index in [1.54, 1.807) is 12.3 Å². The molecular weight excluding hydrogens is 204 g/mol. The summed E-state index contributed by atoms with van der Waals surface area (Å²) in [6.45, 7) is 0.959. The first kappa shape index (κ1) is 10.9. The van der Waals surface area contributed by atoms with Gasteiger partial charge in [0.25, 0.3) is 0 Å². The van der Waals surface area contributed by atoms with Gasteiger partial charge in [-0.15, -0.1) is 0 Å². The molecule has 1 aliphatic rings. The lowest BCUT2D eigenvalue weighted by molar-refractivity contribution is -0.131. The Balaban J connectivity index is 1.93. The van der Waals surface area contributed by atoms with Crippen LogP contribution in [0, 0.1) is 5.92 Å². The van der Waals surface area contributed by atoms with E-state index in [0.29, 0.717) is 0 Å². The van der Waals surface area contributed by atoms with Crippen LogP contribution in [-0.4, -0.2) is 20.9 Å². The van der Waals surface area contributed by atoms with Gasteiger partial charge in [0.05, 0.1) is 6.20 Å². The van der Waals surface area contributed by atoms with E-state index in [2.05, 4.69) is 5.10 Å². The van der Waals surface area contributed by atoms with E-state index in [0.717, 1.165) is 24.1 Å². The summed E-state index contributed by atoms with van der Waals surface area (Å²) >= 11 is 0. The van der Waals surface area contributed by atoms with E-state index in [9.17, 15) is 4.79 Å². The molecule has 1 heterocycles. The molecule has 0 unspecified atom stereocenters. The molecule has 0 atom stereocenters. The van der Waals surface area contributed by atoms with Gasteiger partial charge < -0.3 is 5.11 Å². The predicted octanol–water partition coefficient (Wildman–Crippen LogP) is 2.17. The second-order valence-corrected chi connectivity index (χ2v) is 4.32. The summed E-state index contributed by atoms with van der Waals surface area (Å²) in [5, 5.41) is 12.7. The SMILES string of the molecule is O=C(O)/C=C/c1cnn(CC2CCCC2)c1. The Hall–Kier alpha value is -1.58. The number of hydrogen-bond acceptors (Lipinski definition) is 2. The Morgan fingerprint density at radius 1 is 1.56 bits per heavy atom. The van der Waals surface area contributed by atoms with E-state index in [4.69, 9.17) is 5.11 Å². The maximum Gasteiger partial charge on any atom is 0.328 e. The Bertz CT molecular complexity index is 389. The number of nitrogens with zero attached hydrogens (tertiary/aromatic N) is 2. The lowest BCUT2D eigenvalue weighted by Gasteiger charge is -2.07. The third kappa shape index (κ3) is 2.95. The van der Waals surface area contributed by atoms with Crippen LogP contribution in [0.25, 0.3) is 6.08 Å². The zero-order valence-electron chi connectivity index (χ0n) is 9.17. The standard InChI is InChI=1S/C12H16N2O2/c15-12(16)6-5-11-7-13-14(9-11)8-10-3-1-2-4-10/h5-7,9-10H,1-4,8H2,(H,15,16)/b6-5+. The van der Waals surface area contributed by atoms with E-state index in [1.165, 1.54) is 25.7 Å². The number of carboxylic acid groups (broad SMARTS) is 1. The molecule has 1 saturated carbocycles. The first-order valence-electron chi connectivity index (χ1n) is 5.67. The third-order valence-electron chi connectivity index (χ3n) is 2.99. The van der Waals surface area contributed by atoms with Crippen LogP contribution in [0.2, 0.25) is 0 Å². The molecule has 1 N–H and O–H groups in total. The quantitative estimate of drug-likeness (QED) is 0.791. The fourth-order valence-corrected chi connectivity index (χ4v) is 2.19. The molecule has 0 amide bonds. The molecule has 0 aromatic carbocycles. The molecule has 0 saturated heterocycles. The van der Waals surface area contributed by atoms with Crippen molar-refractivity contribution in [3.05, 3.63) is 24.0 Å². The van der Waals surface area contributed by atoms with Gasteiger partial charge in [-0.2, -0.15) is 5.10 Å². The highest BCUT2D eigenvalue weighted by molar-refractivity contribution is 5.85. The minimum atomic E-state index is -0.927. The van der Waals surface area contributed by atoms with Crippen molar-refractivity contribution in [2.45, 2.75) is 32.2 Å². The van der Waals surface area contributed by atoms with Crippen LogP contribution in [0.4, 0.5) is 0 Å². The van der Waals surface area contributed by atoms with Gasteiger partial charge in [-0.1, -0.05) is 12.8 Å². The fourth-order valence-electron chi connectivity index (χ4n) is 2.19. The summed E-state index contributed by atoms with van der Waals surface area (Å²) in [5.41, 5.74) is 0.848. The van der Waals surface area contributed by atoms with Crippen molar-refractivity contribution in [1.82, 2.24) is 9.78 Å². The molecule has 1 aromatic heterocycles. The molecule has 2 rings (SSSR count). The minimum Gasteiger partial charge on any atom is -0.478 e. The second kappa shape index (κ2) is 4.96. The van der Waals surface area contributed by atoms with Crippen LogP contribution < -0.4 is 0 Å². The molecule has 0 aliphatic heterocycles. The summed E-state index contributed by atoms with van der Waals surface area (Å²) in [4.78, 5) is 10.3. The summed E-state index contributed by atoms with van der Waals surface area (Å²) in [6, 6.07) is 0. The normalized spacial score (nSPS) is 17.2. The average molecular weight is 220 g/mol. The van der Waals surface area contributed by atoms with Gasteiger partial charge in [-0.25, -0.2) is 4.79 Å². The topological polar surface area (TPSA) is 55.1 Å². The van der Waals surface area contributed by atoms with E-state index in [-0.39, 0.29) is 0 Å². The molecule has 1 aromatic rings. The Labute approximate surface area is 94.6 Å². The highest BCUT2D eigenvalue weighted by Crippen LogP contribution is 2.25. The number of carboxylic acids is 1. The van der Waals surface area contributed by atoms with Gasteiger partial charge >= 0.3 is 5.97 Å². The number of hydrogen-bond donors (Lipinski definition) is 1. The van der Waals surface area contributed by atoms with Crippen molar-refractivity contribution in [2.24, 2.45) is 5.92 Å². The van der Waals surface area contributed by atoms with Crippen molar-refractivity contribution in [3.8, 4) is 0 Å². The summed E-state index contributed by atoms with van der Waals surface area (Å²) < 4.78 is 1.91. The summed E-state index contributed by atoms with van der Waals surface area (Å²) in [5.74, 6) is -0.181. The lowest BCUT2D eigenvalue weighted by atomic mass is 10.1. The number of aliphatic carboxylic acids is 1. The van der Waals surface area contributed by atoms with Gasteiger partial charge in [-0.3, -0.25) is 4.68 Å². The Morgan fingerprint density at radius 3 is 3.00 bits per heavy atom. The number of aromatic nitrogens is 2. The van der Waals surface area contributed by atoms with E-state index in [1.807, 2.05) is 10.9 Å². The van der Waals surface area contributed by atoms with Crippen molar-refractivity contribution in [3.63, 3.8) is 0 Å². The van der Waals surface area contributed by atoms with E-state index < -0.39 is 5.97 Å². The molecule has 86 valence electrons. The van der Waals surface area contributed by atoms with Crippen molar-refractivity contribution < 1.29 is 9.90 Å².